The molecule has 22 heavy (non-hydrogen) atoms. The zero-order valence-corrected chi connectivity index (χ0v) is 12.6. The Morgan fingerprint density at radius 1 is 1.23 bits per heavy atom. The number of alkyl halides is 3. The number of aromatic nitrogens is 4. The van der Waals surface area contributed by atoms with Crippen LogP contribution < -0.4 is 5.32 Å². The van der Waals surface area contributed by atoms with Gasteiger partial charge in [-0.15, -0.1) is 10.2 Å². The molecule has 2 rings (SSSR count). The molecule has 8 heteroatoms. The Labute approximate surface area is 126 Å². The lowest BCUT2D eigenvalue weighted by Crippen LogP contribution is -2.09. The van der Waals surface area contributed by atoms with Gasteiger partial charge in [-0.3, -0.25) is 4.68 Å². The molecular formula is C14H18F3N5. The maximum absolute atomic E-state index is 12.4. The number of rotatable bonds is 5. The van der Waals surface area contributed by atoms with Crippen molar-refractivity contribution in [1.29, 1.82) is 0 Å². The second kappa shape index (κ2) is 6.33. The third-order valence-electron chi connectivity index (χ3n) is 3.24. The molecule has 120 valence electrons. The van der Waals surface area contributed by atoms with E-state index in [0.717, 1.165) is 24.7 Å². The van der Waals surface area contributed by atoms with E-state index in [1.165, 1.54) is 6.07 Å². The Morgan fingerprint density at radius 2 is 1.95 bits per heavy atom. The smallest absolute Gasteiger partial charge is 0.336 e. The molecule has 0 radical (unpaired) electrons. The normalized spacial score (nSPS) is 12.0. The van der Waals surface area contributed by atoms with Gasteiger partial charge >= 0.3 is 6.18 Å². The van der Waals surface area contributed by atoms with Crippen molar-refractivity contribution in [3.05, 3.63) is 29.7 Å². The quantitative estimate of drug-likeness (QED) is 0.912. The first kappa shape index (κ1) is 16.3. The van der Waals surface area contributed by atoms with Gasteiger partial charge in [0.1, 0.15) is 0 Å². The SMILES string of the molecule is Cc1c(Nc2ccc(C(F)(F)F)nn2)cnn1CCC(C)C. The first-order valence-electron chi connectivity index (χ1n) is 6.97. The van der Waals surface area contributed by atoms with Crippen LogP contribution in [0.15, 0.2) is 18.3 Å². The van der Waals surface area contributed by atoms with Crippen molar-refractivity contribution in [3.8, 4) is 0 Å². The Kier molecular flexibility index (Phi) is 4.68. The monoisotopic (exact) mass is 313 g/mol. The first-order chi connectivity index (χ1) is 10.3. The summed E-state index contributed by atoms with van der Waals surface area (Å²) < 4.78 is 39.1. The van der Waals surface area contributed by atoms with Gasteiger partial charge in [-0.2, -0.15) is 18.3 Å². The fraction of sp³-hybridized carbons (Fsp3) is 0.500. The van der Waals surface area contributed by atoms with Crippen LogP contribution in [-0.4, -0.2) is 20.0 Å². The molecule has 0 aliphatic carbocycles. The average Bonchev–Trinajstić information content (AvgIpc) is 2.77. The van der Waals surface area contributed by atoms with Crippen LogP contribution in [0.25, 0.3) is 0 Å². The Morgan fingerprint density at radius 3 is 2.50 bits per heavy atom. The van der Waals surface area contributed by atoms with Crippen LogP contribution in [0.3, 0.4) is 0 Å². The lowest BCUT2D eigenvalue weighted by atomic mass is 10.1. The Bertz CT molecular complexity index is 616. The molecule has 0 unspecified atom stereocenters. The van der Waals surface area contributed by atoms with Gasteiger partial charge in [-0.05, 0) is 31.4 Å². The number of nitrogens with one attached hydrogen (secondary N) is 1. The van der Waals surface area contributed by atoms with Crippen LogP contribution in [0.1, 0.15) is 31.7 Å². The molecule has 2 aromatic rings. The molecule has 0 spiro atoms. The van der Waals surface area contributed by atoms with Crippen LogP contribution in [0.5, 0.6) is 0 Å². The lowest BCUT2D eigenvalue weighted by molar-refractivity contribution is -0.141. The molecule has 0 bridgehead atoms. The summed E-state index contributed by atoms with van der Waals surface area (Å²) in [6.07, 6.45) is -1.85. The van der Waals surface area contributed by atoms with E-state index in [1.54, 1.807) is 6.20 Å². The molecule has 0 atom stereocenters. The number of halogens is 3. The maximum Gasteiger partial charge on any atom is 0.435 e. The van der Waals surface area contributed by atoms with Crippen LogP contribution in [-0.2, 0) is 12.7 Å². The second-order valence-electron chi connectivity index (χ2n) is 5.48. The van der Waals surface area contributed by atoms with E-state index in [9.17, 15) is 13.2 Å². The van der Waals surface area contributed by atoms with Gasteiger partial charge in [0.2, 0.25) is 0 Å². The van der Waals surface area contributed by atoms with Crippen molar-refractivity contribution in [3.63, 3.8) is 0 Å². The van der Waals surface area contributed by atoms with Crippen LogP contribution in [0, 0.1) is 12.8 Å². The molecule has 0 aromatic carbocycles. The van der Waals surface area contributed by atoms with Crippen LogP contribution in [0.2, 0.25) is 0 Å². The lowest BCUT2D eigenvalue weighted by Gasteiger charge is -2.09. The molecule has 0 fully saturated rings. The zero-order valence-electron chi connectivity index (χ0n) is 12.6. The van der Waals surface area contributed by atoms with E-state index in [0.29, 0.717) is 11.6 Å². The van der Waals surface area contributed by atoms with E-state index in [4.69, 9.17) is 0 Å². The Hall–Kier alpha value is -2.12. The molecular weight excluding hydrogens is 295 g/mol. The largest absolute Gasteiger partial charge is 0.435 e. The standard InChI is InChI=1S/C14H18F3N5/c1-9(2)6-7-22-10(3)11(8-18-22)19-13-5-4-12(20-21-13)14(15,16)17/h4-5,8-9H,6-7H2,1-3H3,(H,19,21). The number of hydrogen-bond acceptors (Lipinski definition) is 4. The van der Waals surface area contributed by atoms with Crippen molar-refractivity contribution in [2.75, 3.05) is 5.32 Å². The fourth-order valence-corrected chi connectivity index (χ4v) is 1.86. The maximum atomic E-state index is 12.4. The van der Waals surface area contributed by atoms with Crippen LogP contribution >= 0.6 is 0 Å². The summed E-state index contributed by atoms with van der Waals surface area (Å²) in [5.74, 6) is 0.820. The second-order valence-corrected chi connectivity index (χ2v) is 5.48. The molecule has 0 saturated carbocycles. The van der Waals surface area contributed by atoms with Gasteiger partial charge in [0.05, 0.1) is 17.6 Å². The molecule has 2 heterocycles. The zero-order chi connectivity index (χ0) is 16.3. The highest BCUT2D eigenvalue weighted by Crippen LogP contribution is 2.27. The van der Waals surface area contributed by atoms with Gasteiger partial charge in [0.15, 0.2) is 11.5 Å². The Balaban J connectivity index is 2.08. The number of anilines is 2. The minimum absolute atomic E-state index is 0.250. The van der Waals surface area contributed by atoms with Crippen molar-refractivity contribution in [2.24, 2.45) is 5.92 Å². The van der Waals surface area contributed by atoms with Gasteiger partial charge in [0, 0.05) is 6.54 Å². The molecule has 0 amide bonds. The van der Waals surface area contributed by atoms with E-state index < -0.39 is 11.9 Å². The van der Waals surface area contributed by atoms with E-state index in [-0.39, 0.29) is 5.82 Å². The molecule has 0 aliphatic heterocycles. The predicted octanol–water partition coefficient (Wildman–Crippen LogP) is 3.79. The van der Waals surface area contributed by atoms with Crippen molar-refractivity contribution in [1.82, 2.24) is 20.0 Å². The van der Waals surface area contributed by atoms with Crippen molar-refractivity contribution < 1.29 is 13.2 Å². The highest BCUT2D eigenvalue weighted by Gasteiger charge is 2.32. The summed E-state index contributed by atoms with van der Waals surface area (Å²) in [7, 11) is 0. The third-order valence-corrected chi connectivity index (χ3v) is 3.24. The number of aryl methyl sites for hydroxylation is 1. The minimum Gasteiger partial charge on any atom is -0.336 e. The van der Waals surface area contributed by atoms with Crippen molar-refractivity contribution in [2.45, 2.75) is 39.9 Å². The van der Waals surface area contributed by atoms with E-state index in [1.807, 2.05) is 11.6 Å². The summed E-state index contributed by atoms with van der Waals surface area (Å²) >= 11 is 0. The number of nitrogens with zero attached hydrogens (tertiary/aromatic N) is 4. The highest BCUT2D eigenvalue weighted by atomic mass is 19.4. The average molecular weight is 313 g/mol. The molecule has 0 saturated heterocycles. The molecule has 1 N–H and O–H groups in total. The minimum atomic E-state index is -4.48. The molecule has 2 aromatic heterocycles. The predicted molar refractivity (Wildman–Crippen MR) is 76.7 cm³/mol. The summed E-state index contributed by atoms with van der Waals surface area (Å²) in [6, 6.07) is 2.15. The van der Waals surface area contributed by atoms with Gasteiger partial charge in [-0.1, -0.05) is 13.8 Å². The third kappa shape index (κ3) is 3.96. The number of hydrogen-bond donors (Lipinski definition) is 1. The summed E-state index contributed by atoms with van der Waals surface area (Å²) in [6.45, 7) is 6.96. The van der Waals surface area contributed by atoms with E-state index >= 15 is 0 Å². The topological polar surface area (TPSA) is 55.6 Å². The summed E-state index contributed by atoms with van der Waals surface area (Å²) in [5.41, 5.74) is 0.600. The van der Waals surface area contributed by atoms with Gasteiger partial charge in [0.25, 0.3) is 0 Å². The van der Waals surface area contributed by atoms with Gasteiger partial charge in [-0.25, -0.2) is 0 Å². The van der Waals surface area contributed by atoms with Gasteiger partial charge < -0.3 is 5.32 Å². The van der Waals surface area contributed by atoms with Crippen LogP contribution in [0.4, 0.5) is 24.7 Å². The van der Waals surface area contributed by atoms with E-state index in [2.05, 4.69) is 34.5 Å². The molecule has 0 aliphatic rings. The summed E-state index contributed by atoms with van der Waals surface area (Å²) in [5, 5.41) is 13.9. The molecule has 5 nitrogen and oxygen atoms in total. The highest BCUT2D eigenvalue weighted by molar-refractivity contribution is 5.57. The fourth-order valence-electron chi connectivity index (χ4n) is 1.86. The first-order valence-corrected chi connectivity index (χ1v) is 6.97. The summed E-state index contributed by atoms with van der Waals surface area (Å²) in [4.78, 5) is 0. The van der Waals surface area contributed by atoms with Crippen molar-refractivity contribution >= 4 is 11.5 Å².